The maximum Gasteiger partial charge on any atom is 0.326 e. The van der Waals surface area contributed by atoms with Crippen LogP contribution in [-0.2, 0) is 4.79 Å². The molecule has 1 fully saturated rings. The maximum absolute atomic E-state index is 12.5. The van der Waals surface area contributed by atoms with Gasteiger partial charge in [-0.05, 0) is 25.7 Å². The summed E-state index contributed by atoms with van der Waals surface area (Å²) in [5.74, 6) is -0.579. The molecule has 1 atom stereocenters. The van der Waals surface area contributed by atoms with Gasteiger partial charge >= 0.3 is 12.0 Å². The van der Waals surface area contributed by atoms with Gasteiger partial charge < -0.3 is 14.9 Å². The van der Waals surface area contributed by atoms with Crippen molar-refractivity contribution in [2.75, 3.05) is 13.6 Å². The first-order chi connectivity index (χ1) is 8.84. The van der Waals surface area contributed by atoms with Crippen LogP contribution in [-0.4, -0.2) is 52.6 Å². The van der Waals surface area contributed by atoms with E-state index >= 15 is 0 Å². The van der Waals surface area contributed by atoms with Crippen LogP contribution < -0.4 is 0 Å². The van der Waals surface area contributed by atoms with Crippen molar-refractivity contribution in [2.24, 2.45) is 5.92 Å². The molecule has 1 saturated carbocycles. The van der Waals surface area contributed by atoms with Gasteiger partial charge in [0.25, 0.3) is 0 Å². The van der Waals surface area contributed by atoms with E-state index in [9.17, 15) is 9.59 Å². The average Bonchev–Trinajstić information content (AvgIpc) is 2.86. The fourth-order valence-corrected chi connectivity index (χ4v) is 2.53. The molecule has 0 saturated heterocycles. The van der Waals surface area contributed by atoms with E-state index in [0.29, 0.717) is 12.5 Å². The largest absolute Gasteiger partial charge is 0.480 e. The van der Waals surface area contributed by atoms with Gasteiger partial charge in [0.15, 0.2) is 0 Å². The number of likely N-dealkylation sites (N-methyl/N-ethyl adjacent to an activating group) is 1. The standard InChI is InChI=1S/C14H26N2O3/c1-10(2)9-16(12-7-5-6-8-12)14(19)15(4)11(3)13(17)18/h10-12H,5-9H2,1-4H3,(H,17,18). The molecule has 1 rings (SSSR count). The van der Waals surface area contributed by atoms with E-state index < -0.39 is 12.0 Å². The zero-order chi connectivity index (χ0) is 14.6. The number of carbonyl (C=O) groups excluding carboxylic acids is 1. The van der Waals surface area contributed by atoms with E-state index in [1.807, 2.05) is 4.90 Å². The number of hydrogen-bond acceptors (Lipinski definition) is 2. The third kappa shape index (κ3) is 4.11. The molecule has 1 aliphatic carbocycles. The molecule has 0 aromatic rings. The summed E-state index contributed by atoms with van der Waals surface area (Å²) in [6.45, 7) is 6.40. The molecule has 1 unspecified atom stereocenters. The van der Waals surface area contributed by atoms with Crippen LogP contribution in [0.2, 0.25) is 0 Å². The zero-order valence-electron chi connectivity index (χ0n) is 12.4. The number of carboxylic acids is 1. The Bertz CT molecular complexity index is 325. The highest BCUT2D eigenvalue weighted by molar-refractivity contribution is 5.82. The van der Waals surface area contributed by atoms with E-state index in [2.05, 4.69) is 13.8 Å². The summed E-state index contributed by atoms with van der Waals surface area (Å²) in [7, 11) is 1.57. The number of amides is 2. The lowest BCUT2D eigenvalue weighted by Crippen LogP contribution is -2.51. The van der Waals surface area contributed by atoms with Crippen molar-refractivity contribution in [3.63, 3.8) is 0 Å². The van der Waals surface area contributed by atoms with E-state index in [4.69, 9.17) is 5.11 Å². The second-order valence-corrected chi connectivity index (χ2v) is 5.89. The molecular weight excluding hydrogens is 244 g/mol. The summed E-state index contributed by atoms with van der Waals surface area (Å²) in [4.78, 5) is 26.7. The second kappa shape index (κ2) is 6.78. The van der Waals surface area contributed by atoms with Gasteiger partial charge in [0, 0.05) is 19.6 Å². The van der Waals surface area contributed by atoms with E-state index in [1.54, 1.807) is 14.0 Å². The Balaban J connectivity index is 2.78. The molecule has 0 heterocycles. The van der Waals surface area contributed by atoms with Crippen LogP contribution in [0.4, 0.5) is 4.79 Å². The lowest BCUT2D eigenvalue weighted by atomic mass is 10.1. The molecule has 0 aromatic carbocycles. The third-order valence-corrected chi connectivity index (χ3v) is 3.81. The summed E-state index contributed by atoms with van der Waals surface area (Å²) in [6.07, 6.45) is 4.39. The topological polar surface area (TPSA) is 60.9 Å². The highest BCUT2D eigenvalue weighted by Crippen LogP contribution is 2.25. The molecule has 0 radical (unpaired) electrons. The molecule has 1 N–H and O–H groups in total. The first kappa shape index (κ1) is 15.8. The molecule has 110 valence electrons. The van der Waals surface area contributed by atoms with Crippen molar-refractivity contribution in [1.29, 1.82) is 0 Å². The number of carbonyl (C=O) groups is 2. The van der Waals surface area contributed by atoms with Gasteiger partial charge in [0.2, 0.25) is 0 Å². The SMILES string of the molecule is CC(C)CN(C(=O)N(C)C(C)C(=O)O)C1CCCC1. The van der Waals surface area contributed by atoms with Gasteiger partial charge in [0.05, 0.1) is 0 Å². The minimum Gasteiger partial charge on any atom is -0.480 e. The molecule has 0 spiro atoms. The molecule has 19 heavy (non-hydrogen) atoms. The van der Waals surface area contributed by atoms with Crippen LogP contribution in [0.3, 0.4) is 0 Å². The van der Waals surface area contributed by atoms with Gasteiger partial charge in [-0.25, -0.2) is 9.59 Å². The van der Waals surface area contributed by atoms with Gasteiger partial charge in [0.1, 0.15) is 6.04 Å². The lowest BCUT2D eigenvalue weighted by Gasteiger charge is -2.35. The van der Waals surface area contributed by atoms with Crippen molar-refractivity contribution >= 4 is 12.0 Å². The van der Waals surface area contributed by atoms with Crippen molar-refractivity contribution in [3.8, 4) is 0 Å². The highest BCUT2D eigenvalue weighted by atomic mass is 16.4. The number of hydrogen-bond donors (Lipinski definition) is 1. The van der Waals surface area contributed by atoms with E-state index in [1.165, 1.54) is 4.90 Å². The van der Waals surface area contributed by atoms with Crippen LogP contribution in [0.25, 0.3) is 0 Å². The summed E-state index contributed by atoms with van der Waals surface area (Å²) < 4.78 is 0. The average molecular weight is 270 g/mol. The van der Waals surface area contributed by atoms with Gasteiger partial charge in [-0.2, -0.15) is 0 Å². The van der Waals surface area contributed by atoms with Crippen LogP contribution in [0.1, 0.15) is 46.5 Å². The van der Waals surface area contributed by atoms with Crippen molar-refractivity contribution in [1.82, 2.24) is 9.80 Å². The first-order valence-electron chi connectivity index (χ1n) is 7.10. The van der Waals surface area contributed by atoms with Crippen LogP contribution in [0.15, 0.2) is 0 Å². The molecular formula is C14H26N2O3. The number of aliphatic carboxylic acids is 1. The predicted molar refractivity (Wildman–Crippen MR) is 74.1 cm³/mol. The normalized spacial score (nSPS) is 17.5. The molecule has 0 aromatic heterocycles. The Morgan fingerprint density at radius 2 is 1.74 bits per heavy atom. The maximum atomic E-state index is 12.5. The number of urea groups is 1. The van der Waals surface area contributed by atoms with E-state index in [-0.39, 0.29) is 12.1 Å². The highest BCUT2D eigenvalue weighted by Gasteiger charge is 2.32. The summed E-state index contributed by atoms with van der Waals surface area (Å²) in [5, 5.41) is 9.02. The van der Waals surface area contributed by atoms with E-state index in [0.717, 1.165) is 25.7 Å². The minimum absolute atomic E-state index is 0.157. The Kier molecular flexibility index (Phi) is 5.63. The van der Waals surface area contributed by atoms with Crippen molar-refractivity contribution in [3.05, 3.63) is 0 Å². The first-order valence-corrected chi connectivity index (χ1v) is 7.10. The number of carboxylic acid groups (broad SMARTS) is 1. The summed E-state index contributed by atoms with van der Waals surface area (Å²) in [5.41, 5.74) is 0. The van der Waals surface area contributed by atoms with Crippen molar-refractivity contribution < 1.29 is 14.7 Å². The fourth-order valence-electron chi connectivity index (χ4n) is 2.53. The van der Waals surface area contributed by atoms with Crippen molar-refractivity contribution in [2.45, 2.75) is 58.5 Å². The smallest absolute Gasteiger partial charge is 0.326 e. The van der Waals surface area contributed by atoms with Crippen LogP contribution in [0, 0.1) is 5.92 Å². The Labute approximate surface area is 115 Å². The fraction of sp³-hybridized carbons (Fsp3) is 0.857. The Hall–Kier alpha value is -1.26. The van der Waals surface area contributed by atoms with Gasteiger partial charge in [-0.3, -0.25) is 0 Å². The molecule has 5 heteroatoms. The summed E-state index contributed by atoms with van der Waals surface area (Å²) >= 11 is 0. The number of nitrogens with zero attached hydrogens (tertiary/aromatic N) is 2. The lowest BCUT2D eigenvalue weighted by molar-refractivity contribution is -0.141. The zero-order valence-corrected chi connectivity index (χ0v) is 12.4. The minimum atomic E-state index is -0.966. The quantitative estimate of drug-likeness (QED) is 0.834. The predicted octanol–water partition coefficient (Wildman–Crippen LogP) is 2.41. The molecule has 0 bridgehead atoms. The number of rotatable bonds is 5. The molecule has 5 nitrogen and oxygen atoms in total. The molecule has 0 aliphatic heterocycles. The Morgan fingerprint density at radius 3 is 2.16 bits per heavy atom. The summed E-state index contributed by atoms with van der Waals surface area (Å²) in [6, 6.07) is -0.669. The third-order valence-electron chi connectivity index (χ3n) is 3.81. The molecule has 2 amide bonds. The van der Waals surface area contributed by atoms with Gasteiger partial charge in [-0.15, -0.1) is 0 Å². The van der Waals surface area contributed by atoms with Gasteiger partial charge in [-0.1, -0.05) is 26.7 Å². The molecule has 1 aliphatic rings. The second-order valence-electron chi connectivity index (χ2n) is 5.89. The van der Waals surface area contributed by atoms with Crippen LogP contribution in [0.5, 0.6) is 0 Å². The Morgan fingerprint density at radius 1 is 1.21 bits per heavy atom. The van der Waals surface area contributed by atoms with Crippen LogP contribution >= 0.6 is 0 Å². The monoisotopic (exact) mass is 270 g/mol.